The second-order valence-corrected chi connectivity index (χ2v) is 8.90. The van der Waals surface area contributed by atoms with E-state index in [1.54, 1.807) is 11.3 Å². The maximum Gasteiger partial charge on any atom is 0.133 e. The van der Waals surface area contributed by atoms with Crippen molar-refractivity contribution < 1.29 is 0 Å². The number of aromatic nitrogens is 1. The Morgan fingerprint density at radius 1 is 1.15 bits per heavy atom. The van der Waals surface area contributed by atoms with Crippen LogP contribution in [0.4, 0.5) is 0 Å². The van der Waals surface area contributed by atoms with Gasteiger partial charge in [-0.1, -0.05) is 12.1 Å². The van der Waals surface area contributed by atoms with Gasteiger partial charge in [-0.2, -0.15) is 0 Å². The fourth-order valence-corrected chi connectivity index (χ4v) is 4.99. The summed E-state index contributed by atoms with van der Waals surface area (Å²) in [5, 5.41) is 1.11. The molecule has 1 saturated heterocycles. The zero-order chi connectivity index (χ0) is 18.4. The molecule has 4 heterocycles. The van der Waals surface area contributed by atoms with Gasteiger partial charge >= 0.3 is 0 Å². The van der Waals surface area contributed by atoms with Crippen molar-refractivity contribution in [3.63, 3.8) is 0 Å². The number of aliphatic imine (C=N–C) groups is 1. The molecule has 0 aliphatic carbocycles. The minimum absolute atomic E-state index is 0.682. The number of likely N-dealkylation sites (tertiary alicyclic amines) is 1. The van der Waals surface area contributed by atoms with Gasteiger partial charge in [0.25, 0.3) is 0 Å². The first-order chi connectivity index (χ1) is 13.2. The maximum atomic E-state index is 4.93. The van der Waals surface area contributed by atoms with Crippen LogP contribution < -0.4 is 0 Å². The van der Waals surface area contributed by atoms with E-state index in [0.717, 1.165) is 28.6 Å². The molecule has 1 aromatic carbocycles. The lowest BCUT2D eigenvalue weighted by Gasteiger charge is -2.33. The van der Waals surface area contributed by atoms with Crippen LogP contribution >= 0.6 is 11.3 Å². The van der Waals surface area contributed by atoms with Crippen LogP contribution in [0.5, 0.6) is 0 Å². The zero-order valence-electron chi connectivity index (χ0n) is 15.9. The van der Waals surface area contributed by atoms with Crippen LogP contribution in [0.2, 0.25) is 0 Å². The molecular weight excluding hydrogens is 352 g/mol. The highest BCUT2D eigenvalue weighted by Gasteiger charge is 2.23. The molecule has 5 heteroatoms. The van der Waals surface area contributed by atoms with E-state index in [0.29, 0.717) is 5.92 Å². The number of nitrogens with zero attached hydrogens (tertiary/aromatic N) is 4. The normalized spacial score (nSPS) is 21.1. The first-order valence-electron chi connectivity index (χ1n) is 9.67. The third kappa shape index (κ3) is 3.26. The van der Waals surface area contributed by atoms with E-state index in [-0.39, 0.29) is 0 Å². The second kappa shape index (κ2) is 6.73. The summed E-state index contributed by atoms with van der Waals surface area (Å²) in [6.45, 7) is 5.33. The van der Waals surface area contributed by atoms with Gasteiger partial charge in [-0.25, -0.2) is 9.98 Å². The number of aryl methyl sites for hydroxylation is 1. The molecule has 3 aliphatic rings. The van der Waals surface area contributed by atoms with Crippen molar-refractivity contribution in [2.45, 2.75) is 19.8 Å². The number of benzene rings is 1. The van der Waals surface area contributed by atoms with Gasteiger partial charge in [-0.05, 0) is 75.7 Å². The van der Waals surface area contributed by atoms with Gasteiger partial charge in [0.2, 0.25) is 0 Å². The van der Waals surface area contributed by atoms with Crippen LogP contribution in [0.15, 0.2) is 53.2 Å². The van der Waals surface area contributed by atoms with E-state index in [2.05, 4.69) is 71.4 Å². The molecule has 1 aromatic heterocycles. The van der Waals surface area contributed by atoms with Crippen LogP contribution in [-0.4, -0.2) is 47.3 Å². The molecule has 4 nitrogen and oxygen atoms in total. The minimum atomic E-state index is 0.682. The van der Waals surface area contributed by atoms with E-state index < -0.39 is 0 Å². The first-order valence-corrected chi connectivity index (χ1v) is 10.5. The van der Waals surface area contributed by atoms with E-state index >= 15 is 0 Å². The summed E-state index contributed by atoms with van der Waals surface area (Å²) in [6, 6.07) is 6.47. The molecule has 0 saturated carbocycles. The molecule has 27 heavy (non-hydrogen) atoms. The molecule has 0 amide bonds. The summed E-state index contributed by atoms with van der Waals surface area (Å²) < 4.78 is 1.23. The summed E-state index contributed by atoms with van der Waals surface area (Å²) in [7, 11) is 2.22. The summed E-state index contributed by atoms with van der Waals surface area (Å²) >= 11 is 1.75. The summed E-state index contributed by atoms with van der Waals surface area (Å²) in [5.41, 5.74) is 4.78. The third-order valence-corrected chi connectivity index (χ3v) is 6.66. The molecule has 0 atom stereocenters. The predicted octanol–water partition coefficient (Wildman–Crippen LogP) is 4.46. The van der Waals surface area contributed by atoms with Crippen LogP contribution in [0.1, 0.15) is 23.4 Å². The van der Waals surface area contributed by atoms with Gasteiger partial charge in [0.15, 0.2) is 0 Å². The summed E-state index contributed by atoms with van der Waals surface area (Å²) in [6.07, 6.45) is 11.5. The molecule has 0 N–H and O–H groups in total. The van der Waals surface area contributed by atoms with E-state index in [9.17, 15) is 0 Å². The van der Waals surface area contributed by atoms with Gasteiger partial charge in [0.1, 0.15) is 5.84 Å². The molecule has 0 bridgehead atoms. The average molecular weight is 377 g/mol. The van der Waals surface area contributed by atoms with Gasteiger partial charge in [0, 0.05) is 18.3 Å². The van der Waals surface area contributed by atoms with E-state index in [1.807, 2.05) is 0 Å². The number of amidine groups is 1. The van der Waals surface area contributed by atoms with Gasteiger partial charge in [0.05, 0.1) is 20.9 Å². The fourth-order valence-electron chi connectivity index (χ4n) is 4.12. The monoisotopic (exact) mass is 376 g/mol. The Hall–Kier alpha value is -2.24. The van der Waals surface area contributed by atoms with E-state index in [1.165, 1.54) is 41.8 Å². The number of thiazole rings is 1. The predicted molar refractivity (Wildman–Crippen MR) is 114 cm³/mol. The third-order valence-electron chi connectivity index (χ3n) is 5.72. The highest BCUT2D eigenvalue weighted by molar-refractivity contribution is 7.18. The lowest BCUT2D eigenvalue weighted by molar-refractivity contribution is 0.239. The number of hydrogen-bond donors (Lipinski definition) is 0. The number of allylic oxidation sites excluding steroid dienone is 2. The molecule has 138 valence electrons. The Kier molecular flexibility index (Phi) is 4.21. The molecule has 3 aliphatic heterocycles. The van der Waals surface area contributed by atoms with Crippen LogP contribution in [0.3, 0.4) is 0 Å². The molecule has 0 unspecified atom stereocenters. The standard InChI is InChI=1S/C22H24N4S/c1-15-23-20-5-3-17(13-21(20)27-15)19-9-12-26-14-18(4-6-22(26)24-19)16-7-10-25(2)11-8-16/h3-6,9,13-14,16H,7-8,10-12H2,1-2H3. The number of rotatable bonds is 2. The van der Waals surface area contributed by atoms with Crippen molar-refractivity contribution in [2.75, 3.05) is 26.7 Å². The Morgan fingerprint density at radius 2 is 2.00 bits per heavy atom. The molecule has 0 radical (unpaired) electrons. The Bertz CT molecular complexity index is 1000. The maximum absolute atomic E-state index is 4.93. The minimum Gasteiger partial charge on any atom is -0.329 e. The lowest BCUT2D eigenvalue weighted by atomic mass is 9.88. The Morgan fingerprint density at radius 3 is 2.85 bits per heavy atom. The highest BCUT2D eigenvalue weighted by atomic mass is 32.1. The van der Waals surface area contributed by atoms with Gasteiger partial charge in [-0.15, -0.1) is 11.3 Å². The van der Waals surface area contributed by atoms with Crippen LogP contribution in [0.25, 0.3) is 15.9 Å². The number of fused-ring (bicyclic) bond motifs is 2. The smallest absolute Gasteiger partial charge is 0.133 e. The largest absolute Gasteiger partial charge is 0.329 e. The van der Waals surface area contributed by atoms with Crippen LogP contribution in [0, 0.1) is 12.8 Å². The fraction of sp³-hybridized carbons (Fsp3) is 0.364. The van der Waals surface area contributed by atoms with Crippen molar-refractivity contribution in [2.24, 2.45) is 10.9 Å². The van der Waals surface area contributed by atoms with Crippen molar-refractivity contribution in [1.82, 2.24) is 14.8 Å². The zero-order valence-corrected chi connectivity index (χ0v) is 16.7. The molecule has 0 spiro atoms. The molecular formula is C22H24N4S. The van der Waals surface area contributed by atoms with Crippen molar-refractivity contribution >= 4 is 33.1 Å². The second-order valence-electron chi connectivity index (χ2n) is 7.67. The molecule has 5 rings (SSSR count). The van der Waals surface area contributed by atoms with Crippen LogP contribution in [-0.2, 0) is 0 Å². The van der Waals surface area contributed by atoms with Crippen molar-refractivity contribution in [3.05, 3.63) is 58.8 Å². The first kappa shape index (κ1) is 16.9. The molecule has 1 fully saturated rings. The summed E-state index contributed by atoms with van der Waals surface area (Å²) in [5.74, 6) is 1.73. The van der Waals surface area contributed by atoms with Crippen molar-refractivity contribution in [1.29, 1.82) is 0 Å². The lowest BCUT2D eigenvalue weighted by Crippen LogP contribution is -2.34. The van der Waals surface area contributed by atoms with Gasteiger partial charge < -0.3 is 9.80 Å². The Labute approximate surface area is 164 Å². The van der Waals surface area contributed by atoms with Crippen molar-refractivity contribution in [3.8, 4) is 0 Å². The van der Waals surface area contributed by atoms with Gasteiger partial charge in [-0.3, -0.25) is 0 Å². The number of piperidine rings is 1. The SMILES string of the molecule is Cc1nc2ccc(C3=CCN4C=C(C5CCN(C)CC5)C=CC4=N3)cc2s1. The summed E-state index contributed by atoms with van der Waals surface area (Å²) in [4.78, 5) is 14.2. The highest BCUT2D eigenvalue weighted by Crippen LogP contribution is 2.31. The number of hydrogen-bond acceptors (Lipinski definition) is 5. The quantitative estimate of drug-likeness (QED) is 0.776. The van der Waals surface area contributed by atoms with E-state index in [4.69, 9.17) is 4.99 Å². The Balaban J connectivity index is 1.37. The topological polar surface area (TPSA) is 31.7 Å². The average Bonchev–Trinajstić information content (AvgIpc) is 3.07. The molecule has 2 aromatic rings.